The number of aromatic nitrogens is 4. The van der Waals surface area contributed by atoms with Gasteiger partial charge in [0, 0.05) is 17.2 Å². The smallest absolute Gasteiger partial charge is 0.294 e. The van der Waals surface area contributed by atoms with Crippen molar-refractivity contribution in [3.8, 4) is 11.4 Å². The van der Waals surface area contributed by atoms with Crippen molar-refractivity contribution in [1.82, 2.24) is 19.3 Å². The van der Waals surface area contributed by atoms with Gasteiger partial charge >= 0.3 is 0 Å². The Morgan fingerprint density at radius 1 is 1.22 bits per heavy atom. The Morgan fingerprint density at radius 3 is 2.78 bits per heavy atom. The van der Waals surface area contributed by atoms with E-state index in [1.807, 2.05) is 0 Å². The maximum atomic E-state index is 12.8. The van der Waals surface area contributed by atoms with E-state index in [0.717, 1.165) is 0 Å². The molecule has 0 saturated carbocycles. The van der Waals surface area contributed by atoms with Gasteiger partial charge in [0.15, 0.2) is 5.65 Å². The first-order valence-electron chi connectivity index (χ1n) is 9.28. The van der Waals surface area contributed by atoms with Crippen molar-refractivity contribution in [2.24, 2.45) is 0 Å². The summed E-state index contributed by atoms with van der Waals surface area (Å²) in [6.07, 6.45) is 1.48. The second-order valence-corrected chi connectivity index (χ2v) is 7.62. The number of fused-ring (bicyclic) bond motifs is 1. The Kier molecular flexibility index (Phi) is 6.08. The average molecular weight is 476 g/mol. The molecule has 1 atom stereocenters. The zero-order valence-corrected chi connectivity index (χ0v) is 17.8. The molecule has 2 heterocycles. The number of hydrogen-bond acceptors (Lipinski definition) is 7. The van der Waals surface area contributed by atoms with Crippen LogP contribution in [0.25, 0.3) is 16.7 Å². The highest BCUT2D eigenvalue weighted by Gasteiger charge is 2.19. The number of nitrogens with zero attached hydrogens (tertiary/aromatic N) is 5. The lowest BCUT2D eigenvalue weighted by molar-refractivity contribution is -0.384. The molecule has 0 bridgehead atoms. The summed E-state index contributed by atoms with van der Waals surface area (Å²) >= 11 is 11.9. The van der Waals surface area contributed by atoms with Gasteiger partial charge in [0.1, 0.15) is 35.9 Å². The minimum atomic E-state index is -1.05. The summed E-state index contributed by atoms with van der Waals surface area (Å²) in [6.45, 7) is -0.239. The van der Waals surface area contributed by atoms with Crippen LogP contribution in [0.15, 0.2) is 59.8 Å². The van der Waals surface area contributed by atoms with E-state index in [0.29, 0.717) is 15.8 Å². The summed E-state index contributed by atoms with van der Waals surface area (Å²) in [5.41, 5.74) is -0.281. The van der Waals surface area contributed by atoms with Gasteiger partial charge in [-0.05, 0) is 18.2 Å². The highest BCUT2D eigenvalue weighted by Crippen LogP contribution is 2.28. The molecule has 0 aliphatic rings. The molecule has 4 aromatic rings. The molecule has 0 aliphatic carbocycles. The number of aliphatic hydroxyl groups is 1. The Bertz CT molecular complexity index is 1370. The molecule has 1 unspecified atom stereocenters. The highest BCUT2D eigenvalue weighted by atomic mass is 35.5. The average Bonchev–Trinajstić information content (AvgIpc) is 3.21. The van der Waals surface area contributed by atoms with Gasteiger partial charge in [0.05, 0.1) is 22.7 Å². The SMILES string of the molecule is O=c1c2cnn(-c3ccccc3[N+](=O)[O-])c2ncn1CC(O)COc1cc(Cl)ccc1Cl. The van der Waals surface area contributed by atoms with E-state index >= 15 is 0 Å². The predicted octanol–water partition coefficient (Wildman–Crippen LogP) is 3.24. The van der Waals surface area contributed by atoms with Crippen LogP contribution in [0.3, 0.4) is 0 Å². The second kappa shape index (κ2) is 8.95. The van der Waals surface area contributed by atoms with E-state index in [-0.39, 0.29) is 35.6 Å². The normalized spacial score (nSPS) is 12.1. The molecule has 0 spiro atoms. The van der Waals surface area contributed by atoms with Crippen LogP contribution in [0.1, 0.15) is 0 Å². The van der Waals surface area contributed by atoms with Gasteiger partial charge in [0.25, 0.3) is 11.2 Å². The molecule has 0 fully saturated rings. The molecule has 32 heavy (non-hydrogen) atoms. The summed E-state index contributed by atoms with van der Waals surface area (Å²) in [7, 11) is 0. The minimum absolute atomic E-state index is 0.101. The number of halogens is 2. The lowest BCUT2D eigenvalue weighted by Crippen LogP contribution is -2.30. The maximum Gasteiger partial charge on any atom is 0.294 e. The molecule has 0 amide bonds. The number of ether oxygens (including phenoxy) is 1. The standard InChI is InChI=1S/C20H15Cl2N5O5/c21-12-5-6-15(22)18(7-12)32-10-13(28)9-25-11-23-19-14(20(25)29)8-24-26(19)16-3-1-2-4-17(16)27(30)31/h1-8,11,13,28H,9-10H2. The van der Waals surface area contributed by atoms with Gasteiger partial charge in [-0.15, -0.1) is 0 Å². The summed E-state index contributed by atoms with van der Waals surface area (Å²) < 4.78 is 7.94. The molecule has 12 heteroatoms. The first-order valence-corrected chi connectivity index (χ1v) is 10.0. The van der Waals surface area contributed by atoms with Crippen molar-refractivity contribution < 1.29 is 14.8 Å². The molecule has 1 N–H and O–H groups in total. The molecule has 4 rings (SSSR count). The fraction of sp³-hybridized carbons (Fsp3) is 0.150. The number of hydrogen-bond donors (Lipinski definition) is 1. The molecule has 2 aromatic heterocycles. The number of benzene rings is 2. The number of para-hydroxylation sites is 2. The summed E-state index contributed by atoms with van der Waals surface area (Å²) in [5.74, 6) is 0.310. The largest absolute Gasteiger partial charge is 0.489 e. The Hall–Kier alpha value is -3.47. The summed E-state index contributed by atoms with van der Waals surface area (Å²) in [4.78, 5) is 27.9. The molecule has 2 aromatic carbocycles. The fourth-order valence-electron chi connectivity index (χ4n) is 3.11. The Balaban J connectivity index is 1.57. The highest BCUT2D eigenvalue weighted by molar-refractivity contribution is 6.34. The van der Waals surface area contributed by atoms with E-state index in [1.165, 1.54) is 46.0 Å². The number of nitro groups is 1. The van der Waals surface area contributed by atoms with Crippen LogP contribution in [-0.4, -0.2) is 42.1 Å². The third-order valence-electron chi connectivity index (χ3n) is 4.59. The van der Waals surface area contributed by atoms with Gasteiger partial charge in [-0.3, -0.25) is 19.5 Å². The van der Waals surface area contributed by atoms with E-state index in [9.17, 15) is 20.0 Å². The molecule has 0 aliphatic heterocycles. The van der Waals surface area contributed by atoms with Crippen molar-refractivity contribution in [1.29, 1.82) is 0 Å². The summed E-state index contributed by atoms with van der Waals surface area (Å²) in [6, 6.07) is 10.7. The van der Waals surface area contributed by atoms with Gasteiger partial charge < -0.3 is 9.84 Å². The van der Waals surface area contributed by atoms with E-state index in [1.54, 1.807) is 18.2 Å². The zero-order valence-electron chi connectivity index (χ0n) is 16.3. The van der Waals surface area contributed by atoms with Crippen LogP contribution in [-0.2, 0) is 6.54 Å². The third kappa shape index (κ3) is 4.28. The molecule has 164 valence electrons. The van der Waals surface area contributed by atoms with Gasteiger partial charge in [0.2, 0.25) is 0 Å². The van der Waals surface area contributed by atoms with Crippen molar-refractivity contribution in [3.05, 3.63) is 85.5 Å². The first kappa shape index (κ1) is 21.8. The van der Waals surface area contributed by atoms with Crippen LogP contribution >= 0.6 is 23.2 Å². The van der Waals surface area contributed by atoms with Crippen molar-refractivity contribution in [3.63, 3.8) is 0 Å². The van der Waals surface area contributed by atoms with Crippen molar-refractivity contribution in [2.45, 2.75) is 12.6 Å². The van der Waals surface area contributed by atoms with E-state index < -0.39 is 16.6 Å². The number of rotatable bonds is 7. The molecule has 0 radical (unpaired) electrons. The third-order valence-corrected chi connectivity index (χ3v) is 5.14. The first-order chi connectivity index (χ1) is 15.3. The van der Waals surface area contributed by atoms with Crippen LogP contribution in [0.5, 0.6) is 5.75 Å². The fourth-order valence-corrected chi connectivity index (χ4v) is 3.44. The lowest BCUT2D eigenvalue weighted by atomic mass is 10.2. The minimum Gasteiger partial charge on any atom is -0.489 e. The quantitative estimate of drug-likeness (QED) is 0.321. The molecular formula is C20H15Cl2N5O5. The maximum absolute atomic E-state index is 12.8. The molecule has 0 saturated heterocycles. The van der Waals surface area contributed by atoms with Crippen LogP contribution in [0.2, 0.25) is 10.0 Å². The van der Waals surface area contributed by atoms with Gasteiger partial charge in [-0.2, -0.15) is 5.10 Å². The van der Waals surface area contributed by atoms with Gasteiger partial charge in [-0.25, -0.2) is 9.67 Å². The van der Waals surface area contributed by atoms with E-state index in [2.05, 4.69) is 10.1 Å². The number of nitro benzene ring substituents is 1. The molecular weight excluding hydrogens is 461 g/mol. The topological polar surface area (TPSA) is 125 Å². The summed E-state index contributed by atoms with van der Waals surface area (Å²) in [5, 5.41) is 26.7. The molecule has 10 nitrogen and oxygen atoms in total. The lowest BCUT2D eigenvalue weighted by Gasteiger charge is -2.14. The van der Waals surface area contributed by atoms with E-state index in [4.69, 9.17) is 27.9 Å². The predicted molar refractivity (Wildman–Crippen MR) is 118 cm³/mol. The van der Waals surface area contributed by atoms with Crippen LogP contribution < -0.4 is 10.3 Å². The van der Waals surface area contributed by atoms with Crippen LogP contribution in [0, 0.1) is 10.1 Å². The van der Waals surface area contributed by atoms with Crippen molar-refractivity contribution in [2.75, 3.05) is 6.61 Å². The van der Waals surface area contributed by atoms with Gasteiger partial charge in [-0.1, -0.05) is 35.3 Å². The Morgan fingerprint density at radius 2 is 2.00 bits per heavy atom. The zero-order chi connectivity index (χ0) is 22.8. The van der Waals surface area contributed by atoms with Crippen molar-refractivity contribution >= 4 is 39.9 Å². The number of aliphatic hydroxyl groups excluding tert-OH is 1. The Labute approximate surface area is 190 Å². The monoisotopic (exact) mass is 475 g/mol. The van der Waals surface area contributed by atoms with Crippen LogP contribution in [0.4, 0.5) is 5.69 Å². The second-order valence-electron chi connectivity index (χ2n) is 6.78.